The van der Waals surface area contributed by atoms with Crippen LogP contribution in [0.25, 0.3) is 0 Å². The predicted octanol–water partition coefficient (Wildman–Crippen LogP) is 7.43. The highest BCUT2D eigenvalue weighted by molar-refractivity contribution is 8.30. The summed E-state index contributed by atoms with van der Waals surface area (Å²) >= 11 is 0. The molecular formula is C25H28O3S. The second-order valence-electron chi connectivity index (χ2n) is 7.67. The van der Waals surface area contributed by atoms with Gasteiger partial charge in [0.05, 0.1) is 0 Å². The third kappa shape index (κ3) is 3.77. The van der Waals surface area contributed by atoms with E-state index in [1.807, 2.05) is 58.0 Å². The maximum absolute atomic E-state index is 12.1. The normalized spacial score (nSPS) is 11.9. The zero-order valence-corrected chi connectivity index (χ0v) is 18.7. The molecule has 3 aromatic carbocycles. The van der Waals surface area contributed by atoms with Crippen molar-refractivity contribution in [3.8, 4) is 0 Å². The molecule has 0 fully saturated rings. The standard InChI is InChI=1S/C25H28O3S/c1-16-12-18(3)23(19(4)13-16)29(28-25(26)27,22-10-8-7-9-11-22)24-20(5)14-17(2)15-21(24)6/h7-15H,1-6H3,(H,26,27). The van der Waals surface area contributed by atoms with Crippen molar-refractivity contribution in [1.29, 1.82) is 0 Å². The topological polar surface area (TPSA) is 46.5 Å². The fourth-order valence-corrected chi connectivity index (χ4v) is 8.17. The maximum Gasteiger partial charge on any atom is 0.517 e. The molecule has 3 rings (SSSR count). The van der Waals surface area contributed by atoms with E-state index in [0.29, 0.717) is 0 Å². The van der Waals surface area contributed by atoms with E-state index >= 15 is 0 Å². The van der Waals surface area contributed by atoms with Crippen molar-refractivity contribution in [1.82, 2.24) is 0 Å². The molecule has 0 aliphatic heterocycles. The molecule has 0 spiro atoms. The van der Waals surface area contributed by atoms with E-state index in [4.69, 9.17) is 4.18 Å². The van der Waals surface area contributed by atoms with E-state index in [9.17, 15) is 9.90 Å². The molecule has 152 valence electrons. The number of hydrogen-bond donors (Lipinski definition) is 1. The quantitative estimate of drug-likeness (QED) is 0.488. The third-order valence-corrected chi connectivity index (χ3v) is 8.82. The lowest BCUT2D eigenvalue weighted by Crippen LogP contribution is -2.16. The van der Waals surface area contributed by atoms with E-state index in [1.54, 1.807) is 0 Å². The van der Waals surface area contributed by atoms with Crippen LogP contribution >= 0.6 is 10.3 Å². The van der Waals surface area contributed by atoms with Crippen LogP contribution in [-0.2, 0) is 4.18 Å². The van der Waals surface area contributed by atoms with E-state index in [2.05, 4.69) is 38.1 Å². The van der Waals surface area contributed by atoms with Gasteiger partial charge in [0.15, 0.2) is 0 Å². The van der Waals surface area contributed by atoms with Gasteiger partial charge in [-0.2, -0.15) is 0 Å². The van der Waals surface area contributed by atoms with Crippen molar-refractivity contribution in [2.45, 2.75) is 56.2 Å². The van der Waals surface area contributed by atoms with Gasteiger partial charge in [-0.25, -0.2) is 4.79 Å². The van der Waals surface area contributed by atoms with Gasteiger partial charge in [-0.15, -0.1) is 0 Å². The molecule has 0 saturated carbocycles. The van der Waals surface area contributed by atoms with Crippen LogP contribution < -0.4 is 0 Å². The van der Waals surface area contributed by atoms with Gasteiger partial charge in [0.2, 0.25) is 0 Å². The summed E-state index contributed by atoms with van der Waals surface area (Å²) in [6, 6.07) is 18.2. The van der Waals surface area contributed by atoms with Crippen molar-refractivity contribution < 1.29 is 14.1 Å². The summed E-state index contributed by atoms with van der Waals surface area (Å²) in [7, 11) is -2.49. The summed E-state index contributed by atoms with van der Waals surface area (Å²) in [6.45, 7) is 12.3. The predicted molar refractivity (Wildman–Crippen MR) is 119 cm³/mol. The molecule has 0 saturated heterocycles. The Balaban J connectivity index is 2.56. The first-order valence-electron chi connectivity index (χ1n) is 9.63. The van der Waals surface area contributed by atoms with Crippen molar-refractivity contribution in [3.05, 3.63) is 88.0 Å². The summed E-state index contributed by atoms with van der Waals surface area (Å²) in [4.78, 5) is 14.9. The van der Waals surface area contributed by atoms with Gasteiger partial charge in [-0.05, 0) is 86.2 Å². The Labute approximate surface area is 174 Å². The minimum Gasteiger partial charge on any atom is -0.449 e. The molecule has 0 amide bonds. The molecule has 1 N–H and O–H groups in total. The van der Waals surface area contributed by atoms with Crippen LogP contribution in [0.15, 0.2) is 69.3 Å². The summed E-state index contributed by atoms with van der Waals surface area (Å²) in [6.07, 6.45) is -1.26. The second kappa shape index (κ2) is 7.96. The molecule has 0 aliphatic carbocycles. The van der Waals surface area contributed by atoms with Crippen molar-refractivity contribution in [3.63, 3.8) is 0 Å². The Morgan fingerprint density at radius 3 is 1.45 bits per heavy atom. The van der Waals surface area contributed by atoms with Gasteiger partial charge in [0.25, 0.3) is 0 Å². The first-order chi connectivity index (χ1) is 13.7. The first kappa shape index (κ1) is 21.0. The Hall–Kier alpha value is -2.72. The molecule has 0 radical (unpaired) electrons. The van der Waals surface area contributed by atoms with Crippen LogP contribution in [0, 0.1) is 41.5 Å². The summed E-state index contributed by atoms with van der Waals surface area (Å²) in [5.74, 6) is 0. The SMILES string of the molecule is Cc1cc(C)c(S(OC(=O)O)(c2ccccc2)c2c(C)cc(C)cc2C)c(C)c1. The smallest absolute Gasteiger partial charge is 0.449 e. The molecule has 0 aromatic heterocycles. The Kier molecular flexibility index (Phi) is 5.76. The van der Waals surface area contributed by atoms with Gasteiger partial charge in [-0.1, -0.05) is 53.6 Å². The lowest BCUT2D eigenvalue weighted by molar-refractivity contribution is 0.150. The summed E-state index contributed by atoms with van der Waals surface area (Å²) in [5, 5.41) is 9.90. The fraction of sp³-hybridized carbons (Fsp3) is 0.240. The van der Waals surface area contributed by atoms with Gasteiger partial charge in [0.1, 0.15) is 0 Å². The third-order valence-electron chi connectivity index (χ3n) is 5.06. The molecule has 0 unspecified atom stereocenters. The van der Waals surface area contributed by atoms with Crippen LogP contribution in [0.2, 0.25) is 0 Å². The Morgan fingerprint density at radius 2 is 1.10 bits per heavy atom. The molecule has 0 atom stereocenters. The average Bonchev–Trinajstić information content (AvgIpc) is 2.59. The van der Waals surface area contributed by atoms with Crippen molar-refractivity contribution in [2.24, 2.45) is 0 Å². The Morgan fingerprint density at radius 1 is 0.724 bits per heavy atom. The average molecular weight is 409 g/mol. The monoisotopic (exact) mass is 408 g/mol. The van der Waals surface area contributed by atoms with Crippen LogP contribution in [0.4, 0.5) is 4.79 Å². The van der Waals surface area contributed by atoms with E-state index in [1.165, 1.54) is 0 Å². The molecule has 29 heavy (non-hydrogen) atoms. The van der Waals surface area contributed by atoms with Gasteiger partial charge < -0.3 is 9.29 Å². The van der Waals surface area contributed by atoms with E-state index < -0.39 is 16.5 Å². The number of benzene rings is 3. The fourth-order valence-electron chi connectivity index (χ4n) is 4.43. The molecule has 0 aliphatic rings. The largest absolute Gasteiger partial charge is 0.517 e. The Bertz CT molecular complexity index is 967. The number of carbonyl (C=O) groups is 1. The minimum atomic E-state index is -2.49. The zero-order valence-electron chi connectivity index (χ0n) is 17.9. The lowest BCUT2D eigenvalue weighted by atomic mass is 10.1. The molecular weight excluding hydrogens is 380 g/mol. The van der Waals surface area contributed by atoms with E-state index in [-0.39, 0.29) is 0 Å². The van der Waals surface area contributed by atoms with Gasteiger partial charge in [0, 0.05) is 14.7 Å². The van der Waals surface area contributed by atoms with Crippen LogP contribution in [0.3, 0.4) is 0 Å². The van der Waals surface area contributed by atoms with Crippen molar-refractivity contribution in [2.75, 3.05) is 0 Å². The minimum absolute atomic E-state index is 0.882. The van der Waals surface area contributed by atoms with Crippen LogP contribution in [0.5, 0.6) is 0 Å². The molecule has 3 aromatic rings. The number of aryl methyl sites for hydroxylation is 6. The lowest BCUT2D eigenvalue weighted by Gasteiger charge is -2.42. The summed E-state index contributed by atoms with van der Waals surface area (Å²) < 4.78 is 6.00. The van der Waals surface area contributed by atoms with Crippen LogP contribution in [-0.4, -0.2) is 11.3 Å². The first-order valence-corrected chi connectivity index (χ1v) is 11.2. The number of carboxylic acid groups (broad SMARTS) is 1. The molecule has 4 heteroatoms. The number of hydrogen-bond acceptors (Lipinski definition) is 2. The second-order valence-corrected chi connectivity index (χ2v) is 10.2. The zero-order chi connectivity index (χ0) is 21.3. The molecule has 0 bridgehead atoms. The maximum atomic E-state index is 12.1. The molecule has 3 nitrogen and oxygen atoms in total. The van der Waals surface area contributed by atoms with Gasteiger partial charge >= 0.3 is 6.16 Å². The van der Waals surface area contributed by atoms with Gasteiger partial charge in [-0.3, -0.25) is 0 Å². The molecule has 0 heterocycles. The highest BCUT2D eigenvalue weighted by atomic mass is 32.3. The highest BCUT2D eigenvalue weighted by Crippen LogP contribution is 2.72. The van der Waals surface area contributed by atoms with Crippen LogP contribution in [0.1, 0.15) is 33.4 Å². The van der Waals surface area contributed by atoms with E-state index in [0.717, 1.165) is 48.1 Å². The number of rotatable bonds is 4. The summed E-state index contributed by atoms with van der Waals surface area (Å²) in [5.41, 5.74) is 6.48. The van der Waals surface area contributed by atoms with Crippen molar-refractivity contribution >= 4 is 16.5 Å². The highest BCUT2D eigenvalue weighted by Gasteiger charge is 2.40.